The second kappa shape index (κ2) is 14.1. The molecule has 0 aliphatic carbocycles. The van der Waals surface area contributed by atoms with Crippen LogP contribution in [0.1, 0.15) is 44.5 Å². The average Bonchev–Trinajstić information content (AvgIpc) is 3.32. The van der Waals surface area contributed by atoms with Crippen LogP contribution < -0.4 is 9.47 Å². The smallest absolute Gasteiger partial charge is 0.0392 e. The van der Waals surface area contributed by atoms with E-state index in [4.69, 9.17) is 28.9 Å². The summed E-state index contributed by atoms with van der Waals surface area (Å²) in [5.41, 5.74) is 11.2. The second-order valence-electron chi connectivity index (χ2n) is 9.73. The summed E-state index contributed by atoms with van der Waals surface area (Å²) in [6, 6.07) is 16.3. The van der Waals surface area contributed by atoms with Crippen molar-refractivity contribution in [1.29, 1.82) is 0 Å². The van der Waals surface area contributed by atoms with E-state index in [1.165, 1.54) is 44.5 Å². The maximum Gasteiger partial charge on any atom is -0.0392 e. The normalized spacial score (nSPS) is 14.3. The van der Waals surface area contributed by atoms with Gasteiger partial charge in [0.1, 0.15) is 0 Å². The van der Waals surface area contributed by atoms with Gasteiger partial charge in [0, 0.05) is 0 Å². The topological polar surface area (TPSA) is 24.9 Å². The summed E-state index contributed by atoms with van der Waals surface area (Å²) in [6.07, 6.45) is 0. The molecule has 0 bridgehead atoms. The van der Waals surface area contributed by atoms with Gasteiger partial charge in [0.15, 0.2) is 0 Å². The molecule has 4 nitrogen and oxygen atoms in total. The Kier molecular flexibility index (Phi) is 11.4. The number of benzene rings is 3. The van der Waals surface area contributed by atoms with Gasteiger partial charge >= 0.3 is 168 Å². The Labute approximate surface area is 242 Å². The molecular formula is C31H40Cl2N2O2Ru. The van der Waals surface area contributed by atoms with Gasteiger partial charge in [-0.2, -0.15) is 0 Å². The summed E-state index contributed by atoms with van der Waals surface area (Å²) in [6.45, 7) is 16.8. The zero-order chi connectivity index (χ0) is 28.0. The van der Waals surface area contributed by atoms with Crippen molar-refractivity contribution in [3.05, 3.63) is 93.0 Å². The van der Waals surface area contributed by atoms with Gasteiger partial charge in [0.05, 0.1) is 0 Å². The van der Waals surface area contributed by atoms with E-state index in [0.717, 1.165) is 42.0 Å². The van der Waals surface area contributed by atoms with Gasteiger partial charge in [-0.05, 0) is 74.9 Å². The largest absolute Gasteiger partial charge is 0.0447 e. The summed E-state index contributed by atoms with van der Waals surface area (Å²) in [5.74, 6) is 1.73. The summed E-state index contributed by atoms with van der Waals surface area (Å²) in [4.78, 5) is 4.62. The third kappa shape index (κ3) is 7.46. The SMILES string of the molecule is COc1ccc(CN2CCN(Cc3ccc(OC)cc3)[C]2=[Ru]([Cl])[Cl])cc1.Cc1c(C)c(C)c(C)c(C)c1C. The van der Waals surface area contributed by atoms with Crippen molar-refractivity contribution in [3.8, 4) is 11.5 Å². The molecular weight excluding hydrogens is 604 g/mol. The second-order valence-corrected chi connectivity index (χ2v) is 15.4. The molecule has 0 atom stereocenters. The van der Waals surface area contributed by atoms with Gasteiger partial charge in [0.2, 0.25) is 0 Å². The number of methoxy groups -OCH3 is 2. The third-order valence-electron chi connectivity index (χ3n) is 7.71. The fourth-order valence-corrected chi connectivity index (χ4v) is 8.16. The molecule has 1 aliphatic heterocycles. The maximum absolute atomic E-state index is 6.45. The van der Waals surface area contributed by atoms with Crippen LogP contribution in [0.5, 0.6) is 11.5 Å². The minimum atomic E-state index is -2.04. The first-order valence-corrected chi connectivity index (χ1v) is 18.1. The number of ether oxygens (including phenoxy) is 2. The van der Waals surface area contributed by atoms with Crippen molar-refractivity contribution in [1.82, 2.24) is 9.80 Å². The molecule has 1 fully saturated rings. The molecule has 208 valence electrons. The first kappa shape index (κ1) is 30.8. The Morgan fingerprint density at radius 1 is 0.579 bits per heavy atom. The zero-order valence-electron chi connectivity index (χ0n) is 23.8. The van der Waals surface area contributed by atoms with E-state index in [1.807, 2.05) is 24.3 Å². The van der Waals surface area contributed by atoms with Gasteiger partial charge in [-0.25, -0.2) is 0 Å². The zero-order valence-corrected chi connectivity index (χ0v) is 27.0. The summed E-state index contributed by atoms with van der Waals surface area (Å²) < 4.78 is 11.6. The summed E-state index contributed by atoms with van der Waals surface area (Å²) in [5, 5.41) is 0. The van der Waals surface area contributed by atoms with Crippen molar-refractivity contribution in [2.45, 2.75) is 54.6 Å². The Morgan fingerprint density at radius 2 is 0.868 bits per heavy atom. The molecule has 4 rings (SSSR count). The van der Waals surface area contributed by atoms with Crippen LogP contribution >= 0.6 is 19.4 Å². The van der Waals surface area contributed by atoms with Gasteiger partial charge < -0.3 is 0 Å². The molecule has 0 unspecified atom stereocenters. The van der Waals surface area contributed by atoms with E-state index < -0.39 is 13.5 Å². The third-order valence-corrected chi connectivity index (χ3v) is 10.8. The van der Waals surface area contributed by atoms with Gasteiger partial charge in [0.25, 0.3) is 0 Å². The minimum Gasteiger partial charge on any atom is -0.0447 e. The monoisotopic (exact) mass is 644 g/mol. The summed E-state index contributed by atoms with van der Waals surface area (Å²) >= 11 is -2.04. The number of nitrogens with zero attached hydrogens (tertiary/aromatic N) is 2. The van der Waals surface area contributed by atoms with Crippen LogP contribution in [-0.4, -0.2) is 41.5 Å². The molecule has 1 saturated heterocycles. The minimum absolute atomic E-state index is 0.808. The number of hydrogen-bond acceptors (Lipinski definition) is 4. The Bertz CT molecular complexity index is 1110. The predicted octanol–water partition coefficient (Wildman–Crippen LogP) is 7.57. The van der Waals surface area contributed by atoms with Crippen molar-refractivity contribution in [2.75, 3.05) is 27.3 Å². The van der Waals surface area contributed by atoms with Gasteiger partial charge in [-0.3, -0.25) is 0 Å². The molecule has 0 aromatic heterocycles. The van der Waals surface area contributed by atoms with Crippen molar-refractivity contribution < 1.29 is 23.0 Å². The number of rotatable bonds is 6. The fraction of sp³-hybridized carbons (Fsp3) is 0.387. The van der Waals surface area contributed by atoms with Crippen LogP contribution in [0.15, 0.2) is 48.5 Å². The van der Waals surface area contributed by atoms with E-state index in [0.29, 0.717) is 0 Å². The van der Waals surface area contributed by atoms with Crippen LogP contribution in [0.2, 0.25) is 0 Å². The molecule has 0 radical (unpaired) electrons. The van der Waals surface area contributed by atoms with Crippen molar-refractivity contribution >= 4 is 23.7 Å². The van der Waals surface area contributed by atoms with Gasteiger partial charge in [-0.15, -0.1) is 0 Å². The first-order valence-electron chi connectivity index (χ1n) is 12.7. The van der Waals surface area contributed by atoms with Crippen LogP contribution in [-0.2, 0) is 26.6 Å². The van der Waals surface area contributed by atoms with E-state index >= 15 is 0 Å². The van der Waals surface area contributed by atoms with Crippen LogP contribution in [0, 0.1) is 41.5 Å². The predicted molar refractivity (Wildman–Crippen MR) is 158 cm³/mol. The molecule has 1 heterocycles. The standard InChI is InChI=1S/C19H22N2O2.C12H18.2ClH.Ru/c1-22-18-7-3-16(4-8-18)13-20-11-12-21(15-20)14-17-5-9-19(23-2)10-6-17;1-7-8(2)10(4)12(6)11(5)9(7)3;;;/h3-10H,11-14H2,1-2H3;1-6H3;2*1H;/q;;;;+2/p-2. The van der Waals surface area contributed by atoms with E-state index in [-0.39, 0.29) is 0 Å². The molecule has 0 spiro atoms. The quantitative estimate of drug-likeness (QED) is 0.259. The molecule has 38 heavy (non-hydrogen) atoms. The first-order chi connectivity index (χ1) is 18.1. The Morgan fingerprint density at radius 3 is 1.11 bits per heavy atom. The number of halogens is 2. The van der Waals surface area contributed by atoms with E-state index in [2.05, 4.69) is 75.6 Å². The molecule has 0 saturated carbocycles. The maximum atomic E-state index is 6.45. The Hall–Kier alpha value is -1.75. The van der Waals surface area contributed by atoms with Crippen LogP contribution in [0.3, 0.4) is 0 Å². The molecule has 7 heteroatoms. The Balaban J connectivity index is 0.000000279. The molecule has 3 aromatic carbocycles. The molecule has 3 aromatic rings. The van der Waals surface area contributed by atoms with Crippen LogP contribution in [0.4, 0.5) is 0 Å². The van der Waals surface area contributed by atoms with Gasteiger partial charge in [-0.1, -0.05) is 0 Å². The van der Waals surface area contributed by atoms with E-state index in [9.17, 15) is 0 Å². The van der Waals surface area contributed by atoms with E-state index in [1.54, 1.807) is 14.2 Å². The van der Waals surface area contributed by atoms with Crippen molar-refractivity contribution in [3.63, 3.8) is 0 Å². The molecule has 1 aliphatic rings. The molecule has 0 N–H and O–H groups in total. The molecule has 0 amide bonds. The van der Waals surface area contributed by atoms with Crippen LogP contribution in [0.25, 0.3) is 0 Å². The average molecular weight is 645 g/mol. The fourth-order valence-electron chi connectivity index (χ4n) is 4.66. The van der Waals surface area contributed by atoms with Crippen molar-refractivity contribution in [2.24, 2.45) is 0 Å². The summed E-state index contributed by atoms with van der Waals surface area (Å²) in [7, 11) is 16.3. The number of hydrogen-bond donors (Lipinski definition) is 0.